The van der Waals surface area contributed by atoms with Crippen molar-refractivity contribution in [3.63, 3.8) is 0 Å². The second kappa shape index (κ2) is 7.57. The highest BCUT2D eigenvalue weighted by Gasteiger charge is 2.26. The summed E-state index contributed by atoms with van der Waals surface area (Å²) in [7, 11) is 0. The number of benzene rings is 2. The van der Waals surface area contributed by atoms with E-state index in [-0.39, 0.29) is 5.91 Å². The van der Waals surface area contributed by atoms with Crippen LogP contribution in [0.5, 0.6) is 0 Å². The van der Waals surface area contributed by atoms with Crippen LogP contribution in [0.3, 0.4) is 0 Å². The van der Waals surface area contributed by atoms with Crippen LogP contribution < -0.4 is 0 Å². The Hall–Kier alpha value is -2.59. The summed E-state index contributed by atoms with van der Waals surface area (Å²) in [6.45, 7) is 3.81. The van der Waals surface area contributed by atoms with Crippen molar-refractivity contribution < 1.29 is 4.79 Å². The fourth-order valence-corrected chi connectivity index (χ4v) is 3.68. The first-order chi connectivity index (χ1) is 13.1. The predicted octanol–water partition coefficient (Wildman–Crippen LogP) is 5.06. The molecular weight excluding hydrogens is 358 g/mol. The number of hydrogen-bond acceptors (Lipinski definition) is 2. The molecule has 1 fully saturated rings. The maximum Gasteiger partial charge on any atom is 0.272 e. The van der Waals surface area contributed by atoms with E-state index in [9.17, 15) is 4.79 Å². The SMILES string of the molecule is CC1CCN(C(=O)c2cc(-c3ccccc3)nn2-c2ccccc2Cl)CC1. The van der Waals surface area contributed by atoms with Gasteiger partial charge in [0.05, 0.1) is 16.4 Å². The summed E-state index contributed by atoms with van der Waals surface area (Å²) >= 11 is 6.41. The van der Waals surface area contributed by atoms with Crippen molar-refractivity contribution in [2.75, 3.05) is 13.1 Å². The number of piperidine rings is 1. The number of likely N-dealkylation sites (tertiary alicyclic amines) is 1. The molecule has 138 valence electrons. The summed E-state index contributed by atoms with van der Waals surface area (Å²) in [6.07, 6.45) is 2.08. The highest BCUT2D eigenvalue weighted by atomic mass is 35.5. The highest BCUT2D eigenvalue weighted by Crippen LogP contribution is 2.27. The van der Waals surface area contributed by atoms with Gasteiger partial charge in [-0.15, -0.1) is 0 Å². The summed E-state index contributed by atoms with van der Waals surface area (Å²) in [5.74, 6) is 0.680. The van der Waals surface area contributed by atoms with E-state index < -0.39 is 0 Å². The summed E-state index contributed by atoms with van der Waals surface area (Å²) < 4.78 is 1.69. The molecule has 0 spiro atoms. The predicted molar refractivity (Wildman–Crippen MR) is 108 cm³/mol. The second-order valence-electron chi connectivity index (χ2n) is 7.12. The van der Waals surface area contributed by atoms with Crippen LogP contribution in [-0.4, -0.2) is 33.7 Å². The molecule has 0 bridgehead atoms. The lowest BCUT2D eigenvalue weighted by molar-refractivity contribution is 0.0688. The lowest BCUT2D eigenvalue weighted by atomic mass is 9.99. The maximum atomic E-state index is 13.3. The average Bonchev–Trinajstić information content (AvgIpc) is 3.14. The third-order valence-electron chi connectivity index (χ3n) is 5.15. The van der Waals surface area contributed by atoms with Crippen molar-refractivity contribution >= 4 is 17.5 Å². The first-order valence-electron chi connectivity index (χ1n) is 9.33. The third kappa shape index (κ3) is 3.62. The van der Waals surface area contributed by atoms with Gasteiger partial charge in [0.15, 0.2) is 0 Å². The molecule has 3 aromatic rings. The summed E-state index contributed by atoms with van der Waals surface area (Å²) in [6, 6.07) is 19.3. The van der Waals surface area contributed by atoms with E-state index >= 15 is 0 Å². The smallest absolute Gasteiger partial charge is 0.272 e. The summed E-state index contributed by atoms with van der Waals surface area (Å²) in [5, 5.41) is 5.30. The van der Waals surface area contributed by atoms with E-state index in [2.05, 4.69) is 6.92 Å². The minimum atomic E-state index is 0.0106. The van der Waals surface area contributed by atoms with E-state index in [1.165, 1.54) is 0 Å². The van der Waals surface area contributed by atoms with Gasteiger partial charge in [-0.05, 0) is 37.0 Å². The summed E-state index contributed by atoms with van der Waals surface area (Å²) in [4.78, 5) is 15.2. The fraction of sp³-hybridized carbons (Fsp3) is 0.273. The van der Waals surface area contributed by atoms with Gasteiger partial charge in [0, 0.05) is 18.7 Å². The Labute approximate surface area is 164 Å². The van der Waals surface area contributed by atoms with Gasteiger partial charge in [-0.1, -0.05) is 61.0 Å². The van der Waals surface area contributed by atoms with Crippen LogP contribution in [0.2, 0.25) is 5.02 Å². The summed E-state index contributed by atoms with van der Waals surface area (Å²) in [5.41, 5.74) is 3.01. The van der Waals surface area contributed by atoms with Crippen LogP contribution in [0.25, 0.3) is 16.9 Å². The zero-order chi connectivity index (χ0) is 18.8. The number of para-hydroxylation sites is 1. The Bertz CT molecular complexity index is 943. The molecular formula is C22H22ClN3O. The van der Waals surface area contributed by atoms with Crippen LogP contribution in [-0.2, 0) is 0 Å². The van der Waals surface area contributed by atoms with Gasteiger partial charge in [-0.2, -0.15) is 5.10 Å². The van der Waals surface area contributed by atoms with Crippen molar-refractivity contribution in [3.05, 3.63) is 71.4 Å². The number of nitrogens with zero attached hydrogens (tertiary/aromatic N) is 3. The average molecular weight is 380 g/mol. The number of hydrogen-bond donors (Lipinski definition) is 0. The van der Waals surface area contributed by atoms with Crippen molar-refractivity contribution in [2.24, 2.45) is 5.92 Å². The number of amides is 1. The lowest BCUT2D eigenvalue weighted by Crippen LogP contribution is -2.38. The Morgan fingerprint density at radius 2 is 1.70 bits per heavy atom. The number of rotatable bonds is 3. The van der Waals surface area contributed by atoms with Crippen LogP contribution in [0.15, 0.2) is 60.7 Å². The molecule has 1 aliphatic heterocycles. The van der Waals surface area contributed by atoms with Crippen molar-refractivity contribution in [1.82, 2.24) is 14.7 Å². The minimum Gasteiger partial charge on any atom is -0.337 e. The Morgan fingerprint density at radius 3 is 2.41 bits per heavy atom. The van der Waals surface area contributed by atoms with Crippen LogP contribution >= 0.6 is 11.6 Å². The zero-order valence-electron chi connectivity index (χ0n) is 15.3. The first kappa shape index (κ1) is 17.8. The quantitative estimate of drug-likeness (QED) is 0.637. The van der Waals surface area contributed by atoms with Gasteiger partial charge < -0.3 is 4.90 Å². The molecule has 0 aliphatic carbocycles. The molecule has 2 aromatic carbocycles. The molecule has 1 amide bonds. The van der Waals surface area contributed by atoms with E-state index in [0.717, 1.165) is 42.9 Å². The number of halogens is 1. The van der Waals surface area contributed by atoms with Crippen molar-refractivity contribution in [1.29, 1.82) is 0 Å². The number of carbonyl (C=O) groups is 1. The van der Waals surface area contributed by atoms with Crippen molar-refractivity contribution in [2.45, 2.75) is 19.8 Å². The molecule has 0 unspecified atom stereocenters. The molecule has 27 heavy (non-hydrogen) atoms. The maximum absolute atomic E-state index is 13.3. The largest absolute Gasteiger partial charge is 0.337 e. The van der Waals surface area contributed by atoms with Crippen molar-refractivity contribution in [3.8, 4) is 16.9 Å². The molecule has 4 rings (SSSR count). The van der Waals surface area contributed by atoms with Crippen LogP contribution in [0, 0.1) is 5.92 Å². The fourth-order valence-electron chi connectivity index (χ4n) is 3.46. The van der Waals surface area contributed by atoms with E-state index in [1.54, 1.807) is 4.68 Å². The first-order valence-corrected chi connectivity index (χ1v) is 9.71. The highest BCUT2D eigenvalue weighted by molar-refractivity contribution is 6.32. The topological polar surface area (TPSA) is 38.1 Å². The number of aromatic nitrogens is 2. The van der Waals surface area contributed by atoms with Gasteiger partial charge in [-0.25, -0.2) is 4.68 Å². The normalized spacial score (nSPS) is 15.1. The lowest BCUT2D eigenvalue weighted by Gasteiger charge is -2.30. The van der Waals surface area contributed by atoms with Gasteiger partial charge in [-0.3, -0.25) is 4.79 Å². The molecule has 0 radical (unpaired) electrons. The Balaban J connectivity index is 1.78. The second-order valence-corrected chi connectivity index (χ2v) is 7.53. The van der Waals surface area contributed by atoms with Crippen LogP contribution in [0.4, 0.5) is 0 Å². The Morgan fingerprint density at radius 1 is 1.04 bits per heavy atom. The molecule has 1 aliphatic rings. The zero-order valence-corrected chi connectivity index (χ0v) is 16.1. The molecule has 5 heteroatoms. The van der Waals surface area contributed by atoms with E-state index in [1.807, 2.05) is 65.6 Å². The molecule has 0 saturated carbocycles. The monoisotopic (exact) mass is 379 g/mol. The molecule has 1 aromatic heterocycles. The minimum absolute atomic E-state index is 0.0106. The molecule has 4 nitrogen and oxygen atoms in total. The van der Waals surface area contributed by atoms with Gasteiger partial charge in [0.1, 0.15) is 5.69 Å². The molecule has 0 N–H and O–H groups in total. The molecule has 2 heterocycles. The Kier molecular flexibility index (Phi) is 4.99. The third-order valence-corrected chi connectivity index (χ3v) is 5.47. The van der Waals surface area contributed by atoms with E-state index in [4.69, 9.17) is 16.7 Å². The van der Waals surface area contributed by atoms with E-state index in [0.29, 0.717) is 16.6 Å². The molecule has 1 saturated heterocycles. The van der Waals surface area contributed by atoms with Gasteiger partial charge in [0.2, 0.25) is 0 Å². The molecule has 0 atom stereocenters. The van der Waals surface area contributed by atoms with Gasteiger partial charge >= 0.3 is 0 Å². The van der Waals surface area contributed by atoms with Gasteiger partial charge in [0.25, 0.3) is 5.91 Å². The standard InChI is InChI=1S/C22H22ClN3O/c1-16-11-13-25(14-12-16)22(27)21-15-19(17-7-3-2-4-8-17)24-26(21)20-10-6-5-9-18(20)23/h2-10,15-16H,11-14H2,1H3. The van der Waals surface area contributed by atoms with Crippen LogP contribution in [0.1, 0.15) is 30.3 Å². The number of carbonyl (C=O) groups excluding carboxylic acids is 1.